The third-order valence-corrected chi connectivity index (χ3v) is 3.53. The first-order valence-corrected chi connectivity index (χ1v) is 7.44. The van der Waals surface area contributed by atoms with Crippen LogP contribution in [0.15, 0.2) is 24.3 Å². The largest absolute Gasteiger partial charge is 0.314 e. The maximum absolute atomic E-state index is 3.58. The summed E-state index contributed by atoms with van der Waals surface area (Å²) in [6, 6.07) is 9.33. The molecule has 0 saturated carbocycles. The lowest BCUT2D eigenvalue weighted by Gasteiger charge is -2.18. The molecule has 0 spiro atoms. The Morgan fingerprint density at radius 1 is 1.31 bits per heavy atom. The van der Waals surface area contributed by atoms with Gasteiger partial charge >= 0.3 is 0 Å². The minimum Gasteiger partial charge on any atom is -0.314 e. The van der Waals surface area contributed by atoms with Gasteiger partial charge in [0.1, 0.15) is 0 Å². The van der Waals surface area contributed by atoms with Crippen molar-refractivity contribution in [1.82, 2.24) is 5.32 Å². The van der Waals surface area contributed by atoms with Gasteiger partial charge in [-0.05, 0) is 49.4 Å². The summed E-state index contributed by atoms with van der Waals surface area (Å²) in [6.45, 7) is 5.45. The zero-order chi connectivity index (χ0) is 11.8. The van der Waals surface area contributed by atoms with Crippen LogP contribution in [-0.4, -0.2) is 24.6 Å². The third-order valence-electron chi connectivity index (χ3n) is 2.89. The van der Waals surface area contributed by atoms with E-state index < -0.39 is 0 Å². The maximum Gasteiger partial charge on any atom is 0.0115 e. The highest BCUT2D eigenvalue weighted by atomic mass is 32.2. The number of benzene rings is 1. The van der Waals surface area contributed by atoms with E-state index in [0.29, 0.717) is 6.04 Å². The Kier molecular flexibility index (Phi) is 6.58. The van der Waals surface area contributed by atoms with Crippen LogP contribution in [-0.2, 0) is 6.42 Å². The van der Waals surface area contributed by atoms with Crippen LogP contribution in [0.1, 0.15) is 24.5 Å². The summed E-state index contributed by atoms with van der Waals surface area (Å²) in [5, 5.41) is 3.58. The summed E-state index contributed by atoms with van der Waals surface area (Å²) < 4.78 is 0. The SMILES string of the molecule is CCNC(CCSC)Cc1ccccc1C. The van der Waals surface area contributed by atoms with E-state index in [4.69, 9.17) is 0 Å². The molecule has 1 rings (SSSR count). The van der Waals surface area contributed by atoms with Gasteiger partial charge in [-0.15, -0.1) is 0 Å². The minimum atomic E-state index is 0.624. The first-order chi connectivity index (χ1) is 7.77. The Morgan fingerprint density at radius 2 is 2.06 bits per heavy atom. The van der Waals surface area contributed by atoms with Crippen LogP contribution in [0.25, 0.3) is 0 Å². The van der Waals surface area contributed by atoms with Gasteiger partial charge < -0.3 is 5.32 Å². The zero-order valence-electron chi connectivity index (χ0n) is 10.6. The van der Waals surface area contributed by atoms with E-state index in [2.05, 4.69) is 49.7 Å². The second-order valence-electron chi connectivity index (χ2n) is 4.17. The summed E-state index contributed by atoms with van der Waals surface area (Å²) in [5.74, 6) is 1.24. The number of aryl methyl sites for hydroxylation is 1. The van der Waals surface area contributed by atoms with E-state index in [1.165, 1.54) is 23.3 Å². The van der Waals surface area contributed by atoms with Gasteiger partial charge in [0.25, 0.3) is 0 Å². The predicted molar refractivity (Wildman–Crippen MR) is 75.3 cm³/mol. The molecular formula is C14H23NS. The molecule has 1 aromatic carbocycles. The molecule has 0 aliphatic rings. The molecule has 0 bridgehead atoms. The second-order valence-corrected chi connectivity index (χ2v) is 5.15. The Hall–Kier alpha value is -0.470. The first-order valence-electron chi connectivity index (χ1n) is 6.04. The molecule has 0 heterocycles. The molecular weight excluding hydrogens is 214 g/mol. The average molecular weight is 237 g/mol. The van der Waals surface area contributed by atoms with Crippen molar-refractivity contribution in [2.45, 2.75) is 32.7 Å². The molecule has 0 aromatic heterocycles. The van der Waals surface area contributed by atoms with Crippen molar-refractivity contribution in [2.24, 2.45) is 0 Å². The molecule has 16 heavy (non-hydrogen) atoms. The number of hydrogen-bond donors (Lipinski definition) is 1. The fourth-order valence-corrected chi connectivity index (χ4v) is 2.45. The molecule has 0 fully saturated rings. The average Bonchev–Trinajstić information content (AvgIpc) is 2.29. The quantitative estimate of drug-likeness (QED) is 0.781. The van der Waals surface area contributed by atoms with E-state index in [1.807, 2.05) is 11.8 Å². The van der Waals surface area contributed by atoms with Crippen molar-refractivity contribution < 1.29 is 0 Å². The normalized spacial score (nSPS) is 12.7. The van der Waals surface area contributed by atoms with Gasteiger partial charge in [-0.3, -0.25) is 0 Å². The molecule has 90 valence electrons. The van der Waals surface area contributed by atoms with Crippen LogP contribution in [0, 0.1) is 6.92 Å². The molecule has 1 nitrogen and oxygen atoms in total. The van der Waals surface area contributed by atoms with Crippen molar-refractivity contribution in [1.29, 1.82) is 0 Å². The van der Waals surface area contributed by atoms with Crippen LogP contribution in [0.5, 0.6) is 0 Å². The van der Waals surface area contributed by atoms with Gasteiger partial charge in [0.15, 0.2) is 0 Å². The number of thioether (sulfide) groups is 1. The molecule has 0 aliphatic carbocycles. The van der Waals surface area contributed by atoms with E-state index >= 15 is 0 Å². The molecule has 0 amide bonds. The number of likely N-dealkylation sites (N-methyl/N-ethyl adjacent to an activating group) is 1. The lowest BCUT2D eigenvalue weighted by molar-refractivity contribution is 0.513. The first kappa shape index (κ1) is 13.6. The maximum atomic E-state index is 3.58. The summed E-state index contributed by atoms with van der Waals surface area (Å²) >= 11 is 1.93. The number of nitrogens with one attached hydrogen (secondary N) is 1. The smallest absolute Gasteiger partial charge is 0.0115 e. The summed E-state index contributed by atoms with van der Waals surface area (Å²) in [7, 11) is 0. The lowest BCUT2D eigenvalue weighted by atomic mass is 10.00. The van der Waals surface area contributed by atoms with Crippen LogP contribution in [0.4, 0.5) is 0 Å². The van der Waals surface area contributed by atoms with Crippen molar-refractivity contribution >= 4 is 11.8 Å². The van der Waals surface area contributed by atoms with Gasteiger partial charge in [-0.25, -0.2) is 0 Å². The highest BCUT2D eigenvalue weighted by molar-refractivity contribution is 7.98. The fourth-order valence-electron chi connectivity index (χ4n) is 1.93. The van der Waals surface area contributed by atoms with Gasteiger partial charge in [0.05, 0.1) is 0 Å². The molecule has 1 aromatic rings. The lowest BCUT2D eigenvalue weighted by Crippen LogP contribution is -2.31. The molecule has 1 N–H and O–H groups in total. The molecule has 1 atom stereocenters. The van der Waals surface area contributed by atoms with E-state index in [1.54, 1.807) is 0 Å². The van der Waals surface area contributed by atoms with Gasteiger partial charge in [-0.1, -0.05) is 31.2 Å². The van der Waals surface area contributed by atoms with Crippen molar-refractivity contribution in [3.8, 4) is 0 Å². The van der Waals surface area contributed by atoms with E-state index in [0.717, 1.165) is 13.0 Å². The topological polar surface area (TPSA) is 12.0 Å². The van der Waals surface area contributed by atoms with Crippen LogP contribution in [0.2, 0.25) is 0 Å². The third kappa shape index (κ3) is 4.58. The highest BCUT2D eigenvalue weighted by Gasteiger charge is 2.08. The molecule has 0 aliphatic heterocycles. The summed E-state index contributed by atoms with van der Waals surface area (Å²) in [5.41, 5.74) is 2.89. The Balaban J connectivity index is 2.56. The van der Waals surface area contributed by atoms with Gasteiger partial charge in [0.2, 0.25) is 0 Å². The standard InChI is InChI=1S/C14H23NS/c1-4-15-14(9-10-16-3)11-13-8-6-5-7-12(13)2/h5-8,14-15H,4,9-11H2,1-3H3. The Morgan fingerprint density at radius 3 is 2.69 bits per heavy atom. The van der Waals surface area contributed by atoms with Crippen LogP contribution in [0.3, 0.4) is 0 Å². The Bertz CT molecular complexity index is 299. The monoisotopic (exact) mass is 237 g/mol. The Labute approximate surface area is 104 Å². The number of rotatable bonds is 7. The predicted octanol–water partition coefficient (Wildman–Crippen LogP) is 3.27. The summed E-state index contributed by atoms with van der Waals surface area (Å²) in [4.78, 5) is 0. The zero-order valence-corrected chi connectivity index (χ0v) is 11.4. The molecule has 0 saturated heterocycles. The van der Waals surface area contributed by atoms with Gasteiger partial charge in [0, 0.05) is 6.04 Å². The number of hydrogen-bond acceptors (Lipinski definition) is 2. The van der Waals surface area contributed by atoms with Crippen molar-refractivity contribution in [2.75, 3.05) is 18.6 Å². The van der Waals surface area contributed by atoms with Crippen molar-refractivity contribution in [3.05, 3.63) is 35.4 Å². The van der Waals surface area contributed by atoms with E-state index in [-0.39, 0.29) is 0 Å². The minimum absolute atomic E-state index is 0.624. The highest BCUT2D eigenvalue weighted by Crippen LogP contribution is 2.12. The van der Waals surface area contributed by atoms with Crippen LogP contribution >= 0.6 is 11.8 Å². The fraction of sp³-hybridized carbons (Fsp3) is 0.571. The van der Waals surface area contributed by atoms with Crippen molar-refractivity contribution in [3.63, 3.8) is 0 Å². The molecule has 2 heteroatoms. The second kappa shape index (κ2) is 7.75. The van der Waals surface area contributed by atoms with Gasteiger partial charge in [-0.2, -0.15) is 11.8 Å². The van der Waals surface area contributed by atoms with E-state index in [9.17, 15) is 0 Å². The molecule has 0 radical (unpaired) electrons. The van der Waals surface area contributed by atoms with Crippen LogP contribution < -0.4 is 5.32 Å². The molecule has 1 unspecified atom stereocenters. The summed E-state index contributed by atoms with van der Waals surface area (Å²) in [6.07, 6.45) is 4.58.